The zero-order chi connectivity index (χ0) is 19.4. The van der Waals surface area contributed by atoms with E-state index in [9.17, 15) is 4.79 Å². The van der Waals surface area contributed by atoms with Crippen LogP contribution in [0.3, 0.4) is 0 Å². The van der Waals surface area contributed by atoms with Gasteiger partial charge in [-0.05, 0) is 36.4 Å². The minimum Gasteiger partial charge on any atom is -0.497 e. The third kappa shape index (κ3) is 3.87. The third-order valence-corrected chi connectivity index (χ3v) is 4.05. The smallest absolute Gasteiger partial charge is 0.275 e. The molecule has 2 aromatic rings. The fourth-order valence-corrected chi connectivity index (χ4v) is 2.65. The Morgan fingerprint density at radius 1 is 0.852 bits per heavy atom. The lowest BCUT2D eigenvalue weighted by molar-refractivity contribution is -0.115. The first-order chi connectivity index (χ1) is 13.1. The highest BCUT2D eigenvalue weighted by Gasteiger charge is 2.22. The zero-order valence-electron chi connectivity index (χ0n) is 15.5. The monoisotopic (exact) mass is 368 g/mol. The number of amides is 1. The molecule has 3 rings (SSSR count). The van der Waals surface area contributed by atoms with Gasteiger partial charge in [-0.3, -0.25) is 4.79 Å². The SMILES string of the molecule is COc1cc(OC)cc(C2=N/C(=C\c3cc(OC)ccc3OC)C(=O)N2)c1. The van der Waals surface area contributed by atoms with Crippen molar-refractivity contribution in [3.8, 4) is 23.0 Å². The van der Waals surface area contributed by atoms with Gasteiger partial charge in [-0.1, -0.05) is 0 Å². The maximum absolute atomic E-state index is 12.4. The van der Waals surface area contributed by atoms with E-state index in [-0.39, 0.29) is 11.6 Å². The number of methoxy groups -OCH3 is 4. The van der Waals surface area contributed by atoms with Gasteiger partial charge in [0.05, 0.1) is 28.4 Å². The van der Waals surface area contributed by atoms with E-state index in [0.717, 1.165) is 0 Å². The molecule has 0 radical (unpaired) electrons. The van der Waals surface area contributed by atoms with E-state index in [2.05, 4.69) is 10.3 Å². The van der Waals surface area contributed by atoms with E-state index in [0.29, 0.717) is 40.0 Å². The molecule has 0 atom stereocenters. The average Bonchev–Trinajstić information content (AvgIpc) is 3.07. The van der Waals surface area contributed by atoms with Crippen LogP contribution in [-0.2, 0) is 4.79 Å². The maximum atomic E-state index is 12.4. The minimum absolute atomic E-state index is 0.262. The molecule has 1 heterocycles. The van der Waals surface area contributed by atoms with Crippen molar-refractivity contribution in [2.75, 3.05) is 28.4 Å². The summed E-state index contributed by atoms with van der Waals surface area (Å²) in [5.74, 6) is 2.59. The molecule has 0 aromatic heterocycles. The summed E-state index contributed by atoms with van der Waals surface area (Å²) in [4.78, 5) is 16.8. The lowest BCUT2D eigenvalue weighted by atomic mass is 10.1. The summed E-state index contributed by atoms with van der Waals surface area (Å²) in [6, 6.07) is 10.6. The Kier molecular flexibility index (Phi) is 5.30. The van der Waals surface area contributed by atoms with Crippen molar-refractivity contribution in [3.05, 3.63) is 53.2 Å². The number of carbonyl (C=O) groups is 1. The first-order valence-electron chi connectivity index (χ1n) is 8.15. The van der Waals surface area contributed by atoms with Gasteiger partial charge in [-0.25, -0.2) is 4.99 Å². The molecule has 7 heteroatoms. The fraction of sp³-hybridized carbons (Fsp3) is 0.200. The van der Waals surface area contributed by atoms with E-state index in [4.69, 9.17) is 18.9 Å². The number of ether oxygens (including phenoxy) is 4. The topological polar surface area (TPSA) is 78.4 Å². The van der Waals surface area contributed by atoms with Crippen molar-refractivity contribution in [2.24, 2.45) is 4.99 Å². The van der Waals surface area contributed by atoms with Gasteiger partial charge in [0.1, 0.15) is 34.5 Å². The molecule has 1 aliphatic heterocycles. The second-order valence-corrected chi connectivity index (χ2v) is 5.65. The fourth-order valence-electron chi connectivity index (χ4n) is 2.65. The average molecular weight is 368 g/mol. The highest BCUT2D eigenvalue weighted by Crippen LogP contribution is 2.28. The Morgan fingerprint density at radius 3 is 2.11 bits per heavy atom. The van der Waals surface area contributed by atoms with Crippen LogP contribution >= 0.6 is 0 Å². The quantitative estimate of drug-likeness (QED) is 0.793. The van der Waals surface area contributed by atoms with E-state index in [1.54, 1.807) is 70.9 Å². The Hall–Kier alpha value is -3.48. The van der Waals surface area contributed by atoms with Gasteiger partial charge in [0.25, 0.3) is 5.91 Å². The number of hydrogen-bond acceptors (Lipinski definition) is 6. The highest BCUT2D eigenvalue weighted by atomic mass is 16.5. The number of rotatable bonds is 6. The van der Waals surface area contributed by atoms with Crippen LogP contribution in [0.15, 0.2) is 47.1 Å². The summed E-state index contributed by atoms with van der Waals surface area (Å²) in [5.41, 5.74) is 1.63. The highest BCUT2D eigenvalue weighted by molar-refractivity contribution is 6.20. The zero-order valence-corrected chi connectivity index (χ0v) is 15.5. The molecule has 0 unspecified atom stereocenters. The number of nitrogens with one attached hydrogen (secondary N) is 1. The van der Waals surface area contributed by atoms with Crippen molar-refractivity contribution in [3.63, 3.8) is 0 Å². The van der Waals surface area contributed by atoms with E-state index < -0.39 is 0 Å². The van der Waals surface area contributed by atoms with Crippen LogP contribution in [0.4, 0.5) is 0 Å². The predicted molar refractivity (Wildman–Crippen MR) is 102 cm³/mol. The van der Waals surface area contributed by atoms with Crippen LogP contribution in [0.5, 0.6) is 23.0 Å². The minimum atomic E-state index is -0.309. The summed E-state index contributed by atoms with van der Waals surface area (Å²) in [6.45, 7) is 0. The normalized spacial score (nSPS) is 14.6. The number of aliphatic imine (C=N–C) groups is 1. The van der Waals surface area contributed by atoms with Crippen LogP contribution < -0.4 is 24.3 Å². The molecule has 0 saturated heterocycles. The van der Waals surface area contributed by atoms with Crippen molar-refractivity contribution < 1.29 is 23.7 Å². The van der Waals surface area contributed by atoms with Crippen molar-refractivity contribution in [1.29, 1.82) is 0 Å². The second-order valence-electron chi connectivity index (χ2n) is 5.65. The molecular weight excluding hydrogens is 348 g/mol. The Bertz CT molecular complexity index is 912. The third-order valence-electron chi connectivity index (χ3n) is 4.05. The van der Waals surface area contributed by atoms with Crippen LogP contribution in [0.2, 0.25) is 0 Å². The molecule has 0 saturated carbocycles. The number of amidine groups is 1. The van der Waals surface area contributed by atoms with Crippen molar-refractivity contribution in [2.45, 2.75) is 0 Å². The number of hydrogen-bond donors (Lipinski definition) is 1. The van der Waals surface area contributed by atoms with Gasteiger partial charge < -0.3 is 24.3 Å². The predicted octanol–water partition coefficient (Wildman–Crippen LogP) is 2.64. The van der Waals surface area contributed by atoms with E-state index in [1.165, 1.54) is 0 Å². The second kappa shape index (κ2) is 7.82. The molecule has 140 valence electrons. The van der Waals surface area contributed by atoms with E-state index >= 15 is 0 Å². The molecule has 2 aromatic carbocycles. The molecular formula is C20H20N2O5. The van der Waals surface area contributed by atoms with Crippen LogP contribution in [0, 0.1) is 0 Å². The Labute approximate surface area is 157 Å². The first kappa shape index (κ1) is 18.3. The largest absolute Gasteiger partial charge is 0.497 e. The lowest BCUT2D eigenvalue weighted by Crippen LogP contribution is -2.24. The maximum Gasteiger partial charge on any atom is 0.275 e. The molecule has 1 amide bonds. The van der Waals surface area contributed by atoms with Gasteiger partial charge in [0.2, 0.25) is 0 Å². The van der Waals surface area contributed by atoms with Gasteiger partial charge in [-0.2, -0.15) is 0 Å². The van der Waals surface area contributed by atoms with Gasteiger partial charge in [-0.15, -0.1) is 0 Å². The molecule has 1 N–H and O–H groups in total. The number of benzene rings is 2. The molecule has 0 spiro atoms. The lowest BCUT2D eigenvalue weighted by Gasteiger charge is -2.08. The van der Waals surface area contributed by atoms with Crippen LogP contribution in [0.1, 0.15) is 11.1 Å². The summed E-state index contributed by atoms with van der Waals surface area (Å²) in [6.07, 6.45) is 1.65. The molecule has 0 fully saturated rings. The number of carbonyl (C=O) groups excluding carboxylic acids is 1. The van der Waals surface area contributed by atoms with Gasteiger partial charge >= 0.3 is 0 Å². The Balaban J connectivity index is 2.01. The van der Waals surface area contributed by atoms with Gasteiger partial charge in [0, 0.05) is 17.2 Å². The molecule has 1 aliphatic rings. The van der Waals surface area contributed by atoms with Gasteiger partial charge in [0.15, 0.2) is 0 Å². The van der Waals surface area contributed by atoms with Crippen molar-refractivity contribution >= 4 is 17.8 Å². The van der Waals surface area contributed by atoms with Crippen molar-refractivity contribution in [1.82, 2.24) is 5.32 Å². The standard InChI is InChI=1S/C20H20N2O5/c1-24-14-5-6-18(27-4)12(7-14)10-17-20(23)22-19(21-17)13-8-15(25-2)11-16(9-13)26-3/h5-11H,1-4H3,(H,21,22,23)/b17-10-. The Morgan fingerprint density at radius 2 is 1.52 bits per heavy atom. The molecule has 0 aliphatic carbocycles. The molecule has 0 bridgehead atoms. The summed E-state index contributed by atoms with van der Waals surface area (Å²) in [5, 5.41) is 2.77. The summed E-state index contributed by atoms with van der Waals surface area (Å²) in [7, 11) is 6.27. The first-order valence-corrected chi connectivity index (χ1v) is 8.15. The van der Waals surface area contributed by atoms with E-state index in [1.807, 2.05) is 0 Å². The van der Waals surface area contributed by atoms with Crippen LogP contribution in [-0.4, -0.2) is 40.2 Å². The van der Waals surface area contributed by atoms with Crippen LogP contribution in [0.25, 0.3) is 6.08 Å². The summed E-state index contributed by atoms with van der Waals surface area (Å²) >= 11 is 0. The molecule has 27 heavy (non-hydrogen) atoms. The number of nitrogens with zero attached hydrogens (tertiary/aromatic N) is 1. The molecule has 7 nitrogen and oxygen atoms in total. The summed E-state index contributed by atoms with van der Waals surface area (Å²) < 4.78 is 21.1.